The lowest BCUT2D eigenvalue weighted by Crippen LogP contribution is -2.28. The SMILES string of the molecule is Cc1nc2cc(C(=O)NCCN)ccc2n1C. The van der Waals surface area contributed by atoms with Gasteiger partial charge in [-0.2, -0.15) is 0 Å². The summed E-state index contributed by atoms with van der Waals surface area (Å²) in [6.07, 6.45) is 0. The van der Waals surface area contributed by atoms with Crippen LogP contribution < -0.4 is 11.1 Å². The average molecular weight is 232 g/mol. The molecule has 5 heteroatoms. The number of nitrogens with zero attached hydrogens (tertiary/aromatic N) is 2. The Kier molecular flexibility index (Phi) is 3.10. The van der Waals surface area contributed by atoms with E-state index in [-0.39, 0.29) is 5.91 Å². The summed E-state index contributed by atoms with van der Waals surface area (Å²) >= 11 is 0. The number of rotatable bonds is 3. The molecule has 1 aromatic heterocycles. The zero-order valence-corrected chi connectivity index (χ0v) is 10.0. The number of fused-ring (bicyclic) bond motifs is 1. The fourth-order valence-corrected chi connectivity index (χ4v) is 1.75. The molecule has 0 bridgehead atoms. The van der Waals surface area contributed by atoms with Gasteiger partial charge in [-0.05, 0) is 25.1 Å². The zero-order chi connectivity index (χ0) is 12.4. The summed E-state index contributed by atoms with van der Waals surface area (Å²) in [4.78, 5) is 16.1. The Morgan fingerprint density at radius 3 is 3.00 bits per heavy atom. The van der Waals surface area contributed by atoms with E-state index >= 15 is 0 Å². The van der Waals surface area contributed by atoms with Crippen LogP contribution in [0.5, 0.6) is 0 Å². The second-order valence-electron chi connectivity index (χ2n) is 3.97. The third-order valence-electron chi connectivity index (χ3n) is 2.80. The first-order chi connectivity index (χ1) is 8.13. The Morgan fingerprint density at radius 2 is 2.29 bits per heavy atom. The molecule has 1 aromatic carbocycles. The van der Waals surface area contributed by atoms with Crippen molar-refractivity contribution in [3.8, 4) is 0 Å². The number of imidazole rings is 1. The number of nitrogens with one attached hydrogen (secondary N) is 1. The van der Waals surface area contributed by atoms with Crippen molar-refractivity contribution in [2.24, 2.45) is 12.8 Å². The number of hydrogen-bond acceptors (Lipinski definition) is 3. The number of carbonyl (C=O) groups is 1. The summed E-state index contributed by atoms with van der Waals surface area (Å²) in [5.41, 5.74) is 7.82. The van der Waals surface area contributed by atoms with E-state index < -0.39 is 0 Å². The molecule has 2 rings (SSSR count). The smallest absolute Gasteiger partial charge is 0.251 e. The summed E-state index contributed by atoms with van der Waals surface area (Å²) in [6, 6.07) is 5.51. The fraction of sp³-hybridized carbons (Fsp3) is 0.333. The molecule has 0 saturated carbocycles. The second-order valence-corrected chi connectivity index (χ2v) is 3.97. The molecule has 0 aliphatic carbocycles. The van der Waals surface area contributed by atoms with Gasteiger partial charge >= 0.3 is 0 Å². The molecule has 0 fully saturated rings. The Balaban J connectivity index is 2.35. The van der Waals surface area contributed by atoms with E-state index in [1.807, 2.05) is 24.6 Å². The van der Waals surface area contributed by atoms with Crippen LogP contribution in [0.4, 0.5) is 0 Å². The molecular weight excluding hydrogens is 216 g/mol. The minimum absolute atomic E-state index is 0.111. The molecule has 0 aliphatic heterocycles. The lowest BCUT2D eigenvalue weighted by Gasteiger charge is -2.03. The van der Waals surface area contributed by atoms with E-state index in [9.17, 15) is 4.79 Å². The van der Waals surface area contributed by atoms with Gasteiger partial charge in [0.2, 0.25) is 0 Å². The number of benzene rings is 1. The minimum atomic E-state index is -0.111. The molecule has 0 atom stereocenters. The first kappa shape index (κ1) is 11.6. The summed E-state index contributed by atoms with van der Waals surface area (Å²) in [7, 11) is 1.96. The Morgan fingerprint density at radius 1 is 1.53 bits per heavy atom. The highest BCUT2D eigenvalue weighted by atomic mass is 16.1. The molecular formula is C12H16N4O. The van der Waals surface area contributed by atoms with Gasteiger partial charge in [0.15, 0.2) is 0 Å². The monoisotopic (exact) mass is 232 g/mol. The predicted octanol–water partition coefficient (Wildman–Crippen LogP) is 0.570. The third-order valence-corrected chi connectivity index (χ3v) is 2.80. The van der Waals surface area contributed by atoms with Crippen LogP contribution in [-0.4, -0.2) is 28.5 Å². The maximum absolute atomic E-state index is 11.7. The highest BCUT2D eigenvalue weighted by Crippen LogP contribution is 2.16. The molecule has 2 aromatic rings. The molecule has 90 valence electrons. The molecule has 1 amide bonds. The van der Waals surface area contributed by atoms with Gasteiger partial charge in [-0.1, -0.05) is 0 Å². The van der Waals surface area contributed by atoms with E-state index in [0.29, 0.717) is 18.7 Å². The Labute approximate surface area is 99.6 Å². The highest BCUT2D eigenvalue weighted by Gasteiger charge is 2.09. The van der Waals surface area contributed by atoms with Gasteiger partial charge in [0, 0.05) is 25.7 Å². The van der Waals surface area contributed by atoms with Crippen LogP contribution in [0.25, 0.3) is 11.0 Å². The van der Waals surface area contributed by atoms with Gasteiger partial charge in [0.05, 0.1) is 11.0 Å². The number of amides is 1. The Bertz CT molecular complexity index is 559. The number of carbonyl (C=O) groups excluding carboxylic acids is 1. The van der Waals surface area contributed by atoms with Crippen LogP contribution in [0.2, 0.25) is 0 Å². The van der Waals surface area contributed by atoms with Crippen LogP contribution in [0, 0.1) is 6.92 Å². The van der Waals surface area contributed by atoms with E-state index in [1.54, 1.807) is 12.1 Å². The van der Waals surface area contributed by atoms with Crippen LogP contribution >= 0.6 is 0 Å². The van der Waals surface area contributed by atoms with Crippen LogP contribution in [0.3, 0.4) is 0 Å². The number of aromatic nitrogens is 2. The summed E-state index contributed by atoms with van der Waals surface area (Å²) in [5.74, 6) is 0.820. The topological polar surface area (TPSA) is 72.9 Å². The lowest BCUT2D eigenvalue weighted by atomic mass is 10.2. The average Bonchev–Trinajstić information content (AvgIpc) is 2.61. The van der Waals surface area contributed by atoms with Crippen molar-refractivity contribution in [1.29, 1.82) is 0 Å². The van der Waals surface area contributed by atoms with Gasteiger partial charge in [0.25, 0.3) is 5.91 Å². The standard InChI is InChI=1S/C12H16N4O/c1-8-15-10-7-9(12(17)14-6-5-13)3-4-11(10)16(8)2/h3-4,7H,5-6,13H2,1-2H3,(H,14,17). The van der Waals surface area contributed by atoms with Crippen LogP contribution in [0.1, 0.15) is 16.2 Å². The van der Waals surface area contributed by atoms with E-state index in [2.05, 4.69) is 10.3 Å². The van der Waals surface area contributed by atoms with Gasteiger partial charge in [-0.3, -0.25) is 4.79 Å². The molecule has 3 N–H and O–H groups in total. The quantitative estimate of drug-likeness (QED) is 0.812. The molecule has 0 saturated heterocycles. The van der Waals surface area contributed by atoms with Crippen molar-refractivity contribution in [2.45, 2.75) is 6.92 Å². The molecule has 0 spiro atoms. The predicted molar refractivity (Wildman–Crippen MR) is 66.8 cm³/mol. The van der Waals surface area contributed by atoms with Crippen molar-refractivity contribution >= 4 is 16.9 Å². The minimum Gasteiger partial charge on any atom is -0.351 e. The molecule has 0 aliphatic rings. The highest BCUT2D eigenvalue weighted by molar-refractivity contribution is 5.97. The number of aryl methyl sites for hydroxylation is 2. The third kappa shape index (κ3) is 2.14. The summed E-state index contributed by atoms with van der Waals surface area (Å²) in [5, 5.41) is 2.74. The van der Waals surface area contributed by atoms with E-state index in [1.165, 1.54) is 0 Å². The molecule has 5 nitrogen and oxygen atoms in total. The Hall–Kier alpha value is -1.88. The first-order valence-corrected chi connectivity index (χ1v) is 5.55. The number of nitrogens with two attached hydrogens (primary N) is 1. The van der Waals surface area contributed by atoms with Gasteiger partial charge in [0.1, 0.15) is 5.82 Å². The van der Waals surface area contributed by atoms with Crippen LogP contribution in [-0.2, 0) is 7.05 Å². The maximum Gasteiger partial charge on any atom is 0.251 e. The molecule has 1 heterocycles. The van der Waals surface area contributed by atoms with Gasteiger partial charge in [-0.15, -0.1) is 0 Å². The zero-order valence-electron chi connectivity index (χ0n) is 10.0. The number of hydrogen-bond donors (Lipinski definition) is 2. The summed E-state index contributed by atoms with van der Waals surface area (Å²) < 4.78 is 2.00. The largest absolute Gasteiger partial charge is 0.351 e. The van der Waals surface area contributed by atoms with Crippen molar-refractivity contribution in [3.63, 3.8) is 0 Å². The summed E-state index contributed by atoms with van der Waals surface area (Å²) in [6.45, 7) is 2.86. The van der Waals surface area contributed by atoms with E-state index in [4.69, 9.17) is 5.73 Å². The van der Waals surface area contributed by atoms with Crippen molar-refractivity contribution in [2.75, 3.05) is 13.1 Å². The van der Waals surface area contributed by atoms with Crippen molar-refractivity contribution in [1.82, 2.24) is 14.9 Å². The van der Waals surface area contributed by atoms with Gasteiger partial charge < -0.3 is 15.6 Å². The van der Waals surface area contributed by atoms with Crippen LogP contribution in [0.15, 0.2) is 18.2 Å². The normalized spacial score (nSPS) is 10.8. The maximum atomic E-state index is 11.7. The lowest BCUT2D eigenvalue weighted by molar-refractivity contribution is 0.0955. The van der Waals surface area contributed by atoms with Crippen molar-refractivity contribution in [3.05, 3.63) is 29.6 Å². The first-order valence-electron chi connectivity index (χ1n) is 5.55. The molecule has 17 heavy (non-hydrogen) atoms. The fourth-order valence-electron chi connectivity index (χ4n) is 1.75. The van der Waals surface area contributed by atoms with E-state index in [0.717, 1.165) is 16.9 Å². The molecule has 0 radical (unpaired) electrons. The van der Waals surface area contributed by atoms with Gasteiger partial charge in [-0.25, -0.2) is 4.98 Å². The molecule has 0 unspecified atom stereocenters. The van der Waals surface area contributed by atoms with Crippen molar-refractivity contribution < 1.29 is 4.79 Å². The second kappa shape index (κ2) is 4.55.